The number of alkyl halides is 7. The van der Waals surface area contributed by atoms with E-state index in [9.17, 15) is 34.9 Å². The molecule has 0 bridgehead atoms. The predicted octanol–water partition coefficient (Wildman–Crippen LogP) is 2.41. The number of hydrogen-bond acceptors (Lipinski definition) is 3. The van der Waals surface area contributed by atoms with E-state index in [4.69, 9.17) is 0 Å². The van der Waals surface area contributed by atoms with Crippen LogP contribution in [0.1, 0.15) is 6.92 Å². The third-order valence-corrected chi connectivity index (χ3v) is 1.88. The summed E-state index contributed by atoms with van der Waals surface area (Å²) in [6.07, 6.45) is -12.5. The molecule has 1 unspecified atom stereocenters. The van der Waals surface area contributed by atoms with Gasteiger partial charge in [0.2, 0.25) is 0 Å². The van der Waals surface area contributed by atoms with Gasteiger partial charge in [-0.25, -0.2) is 0 Å². The SMILES string of the molecule is CCOS(=O)OC(F)(F)C(F)(F)C(F)(F)F. The molecule has 0 heterocycles. The van der Waals surface area contributed by atoms with Gasteiger partial charge in [-0.05, 0) is 6.92 Å². The van der Waals surface area contributed by atoms with Crippen molar-refractivity contribution in [3.63, 3.8) is 0 Å². The van der Waals surface area contributed by atoms with Gasteiger partial charge in [0.25, 0.3) is 0 Å². The van der Waals surface area contributed by atoms with Crippen LogP contribution in [0.25, 0.3) is 0 Å². The Morgan fingerprint density at radius 3 is 1.81 bits per heavy atom. The highest BCUT2D eigenvalue weighted by Gasteiger charge is 2.75. The maximum atomic E-state index is 12.3. The van der Waals surface area contributed by atoms with Crippen LogP contribution < -0.4 is 0 Å². The van der Waals surface area contributed by atoms with E-state index in [-0.39, 0.29) is 0 Å². The highest BCUT2D eigenvalue weighted by atomic mass is 32.2. The van der Waals surface area contributed by atoms with Crippen LogP contribution in [0.2, 0.25) is 0 Å². The molecule has 0 radical (unpaired) electrons. The summed E-state index contributed by atoms with van der Waals surface area (Å²) in [6, 6.07) is 0. The summed E-state index contributed by atoms with van der Waals surface area (Å²) >= 11 is -3.40. The van der Waals surface area contributed by atoms with Crippen molar-refractivity contribution < 1.29 is 43.3 Å². The van der Waals surface area contributed by atoms with Crippen molar-refractivity contribution in [3.05, 3.63) is 0 Å². The highest BCUT2D eigenvalue weighted by molar-refractivity contribution is 7.75. The van der Waals surface area contributed by atoms with Crippen LogP contribution in [-0.4, -0.2) is 29.0 Å². The van der Waals surface area contributed by atoms with Crippen molar-refractivity contribution in [2.75, 3.05) is 6.61 Å². The van der Waals surface area contributed by atoms with Crippen molar-refractivity contribution in [2.45, 2.75) is 25.1 Å². The van der Waals surface area contributed by atoms with Gasteiger partial charge in [0.05, 0.1) is 6.61 Å². The summed E-state index contributed by atoms with van der Waals surface area (Å²) < 4.78 is 100. The molecule has 0 aliphatic carbocycles. The molecule has 3 nitrogen and oxygen atoms in total. The van der Waals surface area contributed by atoms with Crippen molar-refractivity contribution in [2.24, 2.45) is 0 Å². The average molecular weight is 278 g/mol. The Hall–Kier alpha value is -0.420. The van der Waals surface area contributed by atoms with Gasteiger partial charge in [0.15, 0.2) is 0 Å². The summed E-state index contributed by atoms with van der Waals surface area (Å²) in [4.78, 5) is 0. The minimum absolute atomic E-state index is 0.472. The molecule has 16 heavy (non-hydrogen) atoms. The summed E-state index contributed by atoms with van der Waals surface area (Å²) in [5.74, 6) is -6.47. The molecule has 0 rings (SSSR count). The molecule has 0 fully saturated rings. The van der Waals surface area contributed by atoms with Gasteiger partial charge >= 0.3 is 29.6 Å². The van der Waals surface area contributed by atoms with E-state index in [1.807, 2.05) is 0 Å². The molecule has 0 aromatic rings. The maximum Gasteiger partial charge on any atom is 0.462 e. The first kappa shape index (κ1) is 15.6. The summed E-state index contributed by atoms with van der Waals surface area (Å²) in [7, 11) is 0. The lowest BCUT2D eigenvalue weighted by Crippen LogP contribution is -2.53. The molecule has 0 aromatic heterocycles. The smallest absolute Gasteiger partial charge is 0.269 e. The normalized spacial score (nSPS) is 16.2. The molecule has 0 aliphatic heterocycles. The minimum Gasteiger partial charge on any atom is -0.269 e. The van der Waals surface area contributed by atoms with Crippen LogP contribution in [0.4, 0.5) is 30.7 Å². The molecule has 0 saturated heterocycles. The zero-order valence-corrected chi connectivity index (χ0v) is 8.30. The van der Waals surface area contributed by atoms with E-state index in [1.165, 1.54) is 0 Å². The van der Waals surface area contributed by atoms with E-state index < -0.39 is 36.2 Å². The van der Waals surface area contributed by atoms with Crippen molar-refractivity contribution in [1.29, 1.82) is 0 Å². The standard InChI is InChI=1S/C5H5F7O3S/c1-2-14-16(13)15-5(11,12)3(6,7)4(8,9)10/h2H2,1H3. The van der Waals surface area contributed by atoms with Gasteiger partial charge in [0, 0.05) is 0 Å². The lowest BCUT2D eigenvalue weighted by molar-refractivity contribution is -0.402. The first-order valence-electron chi connectivity index (χ1n) is 3.52. The summed E-state index contributed by atoms with van der Waals surface area (Å²) in [6.45, 7) is 0.668. The predicted molar refractivity (Wildman–Crippen MR) is 36.8 cm³/mol. The Balaban J connectivity index is 4.84. The van der Waals surface area contributed by atoms with Crippen LogP contribution in [-0.2, 0) is 19.7 Å². The first-order valence-corrected chi connectivity index (χ1v) is 4.52. The maximum absolute atomic E-state index is 12.3. The van der Waals surface area contributed by atoms with Crippen molar-refractivity contribution in [3.8, 4) is 0 Å². The monoisotopic (exact) mass is 278 g/mol. The molecule has 0 aromatic carbocycles. The molecule has 0 amide bonds. The Kier molecular flexibility index (Phi) is 4.71. The Morgan fingerprint density at radius 2 is 1.50 bits per heavy atom. The number of halogens is 7. The molecule has 0 aliphatic rings. The fourth-order valence-corrected chi connectivity index (χ4v) is 0.939. The van der Waals surface area contributed by atoms with Crippen LogP contribution in [0.15, 0.2) is 0 Å². The Bertz CT molecular complexity index is 263. The van der Waals surface area contributed by atoms with E-state index in [2.05, 4.69) is 8.37 Å². The third-order valence-electron chi connectivity index (χ3n) is 1.11. The third kappa shape index (κ3) is 3.28. The summed E-state index contributed by atoms with van der Waals surface area (Å²) in [5, 5.41) is 0. The van der Waals surface area contributed by atoms with Crippen molar-refractivity contribution >= 4 is 11.4 Å². The largest absolute Gasteiger partial charge is 0.462 e. The molecular formula is C5H5F7O3S. The lowest BCUT2D eigenvalue weighted by Gasteiger charge is -2.26. The second-order valence-corrected chi connectivity index (χ2v) is 3.09. The molecule has 98 valence electrons. The van der Waals surface area contributed by atoms with Crippen LogP contribution >= 0.6 is 0 Å². The Morgan fingerprint density at radius 1 is 1.06 bits per heavy atom. The van der Waals surface area contributed by atoms with Gasteiger partial charge in [-0.1, -0.05) is 0 Å². The fourth-order valence-electron chi connectivity index (χ4n) is 0.423. The first-order chi connectivity index (χ1) is 6.95. The van der Waals surface area contributed by atoms with E-state index >= 15 is 0 Å². The van der Waals surface area contributed by atoms with E-state index in [0.29, 0.717) is 0 Å². The molecule has 0 N–H and O–H groups in total. The van der Waals surface area contributed by atoms with Gasteiger partial charge in [-0.2, -0.15) is 39.1 Å². The van der Waals surface area contributed by atoms with Gasteiger partial charge < -0.3 is 0 Å². The molecule has 0 spiro atoms. The topological polar surface area (TPSA) is 35.5 Å². The van der Waals surface area contributed by atoms with E-state index in [0.717, 1.165) is 6.92 Å². The molecular weight excluding hydrogens is 273 g/mol. The fraction of sp³-hybridized carbons (Fsp3) is 1.00. The van der Waals surface area contributed by atoms with Crippen LogP contribution in [0.5, 0.6) is 0 Å². The van der Waals surface area contributed by atoms with Gasteiger partial charge in [-0.3, -0.25) is 4.18 Å². The van der Waals surface area contributed by atoms with Crippen LogP contribution in [0, 0.1) is 0 Å². The molecule has 11 heteroatoms. The highest BCUT2D eigenvalue weighted by Crippen LogP contribution is 2.47. The second-order valence-electron chi connectivity index (χ2n) is 2.28. The second kappa shape index (κ2) is 4.84. The molecule has 0 saturated carbocycles. The lowest BCUT2D eigenvalue weighted by atomic mass is 10.3. The van der Waals surface area contributed by atoms with Crippen molar-refractivity contribution in [1.82, 2.24) is 0 Å². The zero-order chi connectivity index (χ0) is 13.2. The summed E-state index contributed by atoms with van der Waals surface area (Å²) in [5.41, 5.74) is 0. The zero-order valence-electron chi connectivity index (χ0n) is 7.49. The van der Waals surface area contributed by atoms with Crippen LogP contribution in [0.3, 0.4) is 0 Å². The number of hydrogen-bond donors (Lipinski definition) is 0. The number of rotatable bonds is 5. The minimum atomic E-state index is -6.53. The van der Waals surface area contributed by atoms with Gasteiger partial charge in [-0.15, -0.1) is 0 Å². The quantitative estimate of drug-likeness (QED) is 0.724. The Labute approximate surface area is 87.4 Å². The average Bonchev–Trinajstić information content (AvgIpc) is 2.00. The van der Waals surface area contributed by atoms with E-state index in [1.54, 1.807) is 0 Å². The van der Waals surface area contributed by atoms with Gasteiger partial charge in [0.1, 0.15) is 0 Å². The molecule has 1 atom stereocenters.